The van der Waals surface area contributed by atoms with Crippen LogP contribution < -0.4 is 44.3 Å². The third kappa shape index (κ3) is 5.26. The van der Waals surface area contributed by atoms with Gasteiger partial charge in [0, 0.05) is 0 Å². The predicted octanol–water partition coefficient (Wildman–Crippen LogP) is 4.26. The minimum atomic E-state index is -0.182. The molecule has 0 radical (unpaired) electrons. The van der Waals surface area contributed by atoms with Crippen molar-refractivity contribution in [2.45, 2.75) is 75.5 Å². The van der Waals surface area contributed by atoms with Crippen LogP contribution >= 0.6 is 7.92 Å². The molecule has 2 fully saturated rings. The van der Waals surface area contributed by atoms with Crippen LogP contribution in [0.4, 0.5) is 0 Å². The Balaban J connectivity index is 0.00000171. The fraction of sp³-hybridized carbons (Fsp3) is 0.538. The summed E-state index contributed by atoms with van der Waals surface area (Å²) >= 11 is 0. The topological polar surface area (TPSA) is 18.5 Å². The molecule has 0 saturated heterocycles. The van der Waals surface area contributed by atoms with Crippen LogP contribution in [0, 0.1) is 0 Å². The second kappa shape index (κ2) is 11.9. The van der Waals surface area contributed by atoms with Crippen molar-refractivity contribution in [1.82, 2.24) is 0 Å². The molecule has 0 N–H and O–H groups in total. The quantitative estimate of drug-likeness (QED) is 0.500. The standard InChI is InChI=1S/C26H35O2P.Na.H/c1-27-23-17-11-18-24(28-2)26(23)22-16-9-10-19-25(22)29(20-12-5-3-6-13-20)21-14-7-4-8-15-21;;/h9-11,16-21H,3-8,12-15H2,1-2H3;;/q;+1;-1. The number of hydrogen-bond donors (Lipinski definition) is 0. The summed E-state index contributed by atoms with van der Waals surface area (Å²) < 4.78 is 11.6. The van der Waals surface area contributed by atoms with Crippen molar-refractivity contribution in [3.8, 4) is 22.6 Å². The molecule has 0 aromatic heterocycles. The molecular formula is C26H36NaO2P. The first kappa shape index (κ1) is 24.1. The molecule has 2 aliphatic rings. The Morgan fingerprint density at radius 2 is 1.20 bits per heavy atom. The molecule has 4 rings (SSSR count). The van der Waals surface area contributed by atoms with Gasteiger partial charge < -0.3 is 10.9 Å². The van der Waals surface area contributed by atoms with Gasteiger partial charge in [-0.1, -0.05) is 76.8 Å². The van der Waals surface area contributed by atoms with Gasteiger partial charge in [0.25, 0.3) is 0 Å². The summed E-state index contributed by atoms with van der Waals surface area (Å²) in [7, 11) is 3.36. The molecule has 4 heteroatoms. The van der Waals surface area contributed by atoms with E-state index in [2.05, 4.69) is 36.4 Å². The number of benzene rings is 2. The van der Waals surface area contributed by atoms with Crippen molar-refractivity contribution in [3.05, 3.63) is 42.5 Å². The molecule has 30 heavy (non-hydrogen) atoms. The van der Waals surface area contributed by atoms with E-state index < -0.39 is 0 Å². The van der Waals surface area contributed by atoms with Gasteiger partial charge in [0.2, 0.25) is 0 Å². The Kier molecular flexibility index (Phi) is 9.58. The van der Waals surface area contributed by atoms with Crippen LogP contribution in [0.5, 0.6) is 11.5 Å². The normalized spacial score (nSPS) is 18.1. The average Bonchev–Trinajstić information content (AvgIpc) is 2.80. The monoisotopic (exact) mass is 434 g/mol. The Hall–Kier alpha value is -0.530. The Bertz CT molecular complexity index is 763. The predicted molar refractivity (Wildman–Crippen MR) is 126 cm³/mol. The molecule has 2 saturated carbocycles. The Labute approximate surface area is 207 Å². The maximum absolute atomic E-state index is 5.80. The van der Waals surface area contributed by atoms with Crippen molar-refractivity contribution in [2.75, 3.05) is 14.2 Å². The van der Waals surface area contributed by atoms with E-state index in [9.17, 15) is 0 Å². The van der Waals surface area contributed by atoms with E-state index in [1.165, 1.54) is 69.8 Å². The van der Waals surface area contributed by atoms with E-state index in [1.807, 2.05) is 6.07 Å². The summed E-state index contributed by atoms with van der Waals surface area (Å²) in [6.45, 7) is 0. The van der Waals surface area contributed by atoms with Crippen molar-refractivity contribution in [1.29, 1.82) is 0 Å². The van der Waals surface area contributed by atoms with E-state index in [4.69, 9.17) is 9.47 Å². The van der Waals surface area contributed by atoms with Crippen molar-refractivity contribution in [2.24, 2.45) is 0 Å². The van der Waals surface area contributed by atoms with Gasteiger partial charge in [-0.3, -0.25) is 0 Å². The van der Waals surface area contributed by atoms with Crippen molar-refractivity contribution >= 4 is 13.2 Å². The molecule has 0 spiro atoms. The zero-order valence-electron chi connectivity index (χ0n) is 20.0. The van der Waals surface area contributed by atoms with Gasteiger partial charge >= 0.3 is 29.6 Å². The fourth-order valence-corrected chi connectivity index (χ4v) is 9.39. The van der Waals surface area contributed by atoms with Crippen LogP contribution in [0.2, 0.25) is 0 Å². The van der Waals surface area contributed by atoms with Crippen LogP contribution in [-0.2, 0) is 0 Å². The number of hydrogen-bond acceptors (Lipinski definition) is 2. The molecule has 2 aliphatic carbocycles. The molecule has 0 aliphatic heterocycles. The van der Waals surface area contributed by atoms with Gasteiger partial charge in [-0.05, 0) is 60.0 Å². The molecule has 0 heterocycles. The van der Waals surface area contributed by atoms with Gasteiger partial charge in [0.05, 0.1) is 19.8 Å². The van der Waals surface area contributed by atoms with Crippen molar-refractivity contribution in [3.63, 3.8) is 0 Å². The summed E-state index contributed by atoms with van der Waals surface area (Å²) in [6.07, 6.45) is 14.2. The number of methoxy groups -OCH3 is 2. The molecule has 2 aromatic rings. The van der Waals surface area contributed by atoms with Crippen LogP contribution in [0.25, 0.3) is 11.1 Å². The average molecular weight is 435 g/mol. The molecule has 0 atom stereocenters. The van der Waals surface area contributed by atoms with Crippen LogP contribution in [0.3, 0.4) is 0 Å². The molecule has 0 amide bonds. The Morgan fingerprint density at radius 1 is 0.700 bits per heavy atom. The summed E-state index contributed by atoms with van der Waals surface area (Å²) in [5.41, 5.74) is 4.23. The molecule has 2 nitrogen and oxygen atoms in total. The van der Waals surface area contributed by atoms with Crippen LogP contribution in [0.1, 0.15) is 65.6 Å². The molecule has 0 unspecified atom stereocenters. The molecule has 0 bridgehead atoms. The summed E-state index contributed by atoms with van der Waals surface area (Å²) in [6, 6.07) is 15.3. The summed E-state index contributed by atoms with van der Waals surface area (Å²) in [4.78, 5) is 0. The van der Waals surface area contributed by atoms with E-state index in [-0.39, 0.29) is 38.9 Å². The Morgan fingerprint density at radius 3 is 1.70 bits per heavy atom. The summed E-state index contributed by atoms with van der Waals surface area (Å²) in [5.74, 6) is 1.83. The second-order valence-electron chi connectivity index (χ2n) is 8.55. The maximum Gasteiger partial charge on any atom is 1.00 e. The second-order valence-corrected chi connectivity index (χ2v) is 11.3. The third-order valence-corrected chi connectivity index (χ3v) is 10.4. The number of ether oxygens (including phenoxy) is 2. The van der Waals surface area contributed by atoms with Crippen LogP contribution in [0.15, 0.2) is 42.5 Å². The first-order valence-electron chi connectivity index (χ1n) is 11.4. The van der Waals surface area contributed by atoms with E-state index in [1.54, 1.807) is 19.5 Å². The van der Waals surface area contributed by atoms with E-state index in [0.717, 1.165) is 28.4 Å². The van der Waals surface area contributed by atoms with Gasteiger partial charge in [0.1, 0.15) is 11.5 Å². The minimum Gasteiger partial charge on any atom is -1.00 e. The zero-order valence-corrected chi connectivity index (χ0v) is 21.9. The minimum absolute atomic E-state index is 0. The third-order valence-electron chi connectivity index (χ3n) is 6.82. The van der Waals surface area contributed by atoms with Gasteiger partial charge in [-0.25, -0.2) is 0 Å². The fourth-order valence-electron chi connectivity index (χ4n) is 5.44. The first-order valence-corrected chi connectivity index (χ1v) is 12.9. The summed E-state index contributed by atoms with van der Waals surface area (Å²) in [5, 5.41) is 1.59. The molecule has 2 aromatic carbocycles. The molecular weight excluding hydrogens is 398 g/mol. The zero-order chi connectivity index (χ0) is 20.1. The first-order chi connectivity index (χ1) is 14.3. The van der Waals surface area contributed by atoms with E-state index >= 15 is 0 Å². The molecule has 158 valence electrons. The SMILES string of the molecule is COc1cccc(OC)c1-c1ccccc1P(C1CCCCC1)C1CCCCC1.[H-].[Na+]. The van der Waals surface area contributed by atoms with Crippen LogP contribution in [-0.4, -0.2) is 25.5 Å². The maximum atomic E-state index is 5.80. The van der Waals surface area contributed by atoms with Gasteiger partial charge in [-0.15, -0.1) is 0 Å². The largest absolute Gasteiger partial charge is 1.00 e. The van der Waals surface area contributed by atoms with Gasteiger partial charge in [0.15, 0.2) is 0 Å². The van der Waals surface area contributed by atoms with Gasteiger partial charge in [-0.2, -0.15) is 0 Å². The van der Waals surface area contributed by atoms with Crippen molar-refractivity contribution < 1.29 is 40.5 Å². The smallest absolute Gasteiger partial charge is 1.00 e. The van der Waals surface area contributed by atoms with E-state index in [0.29, 0.717) is 0 Å². The number of rotatable bonds is 6.